The van der Waals surface area contributed by atoms with Gasteiger partial charge < -0.3 is 10.2 Å². The van der Waals surface area contributed by atoms with E-state index in [2.05, 4.69) is 5.32 Å². The summed E-state index contributed by atoms with van der Waals surface area (Å²) >= 11 is 0. The van der Waals surface area contributed by atoms with Gasteiger partial charge in [-0.1, -0.05) is 0 Å². The molecule has 1 fully saturated rings. The van der Waals surface area contributed by atoms with Crippen molar-refractivity contribution in [3.8, 4) is 0 Å². The third kappa shape index (κ3) is 5.04. The van der Waals surface area contributed by atoms with E-state index in [0.717, 1.165) is 0 Å². The van der Waals surface area contributed by atoms with Crippen molar-refractivity contribution in [2.24, 2.45) is 0 Å². The quantitative estimate of drug-likeness (QED) is 0.882. The molecule has 0 aromatic heterocycles. The summed E-state index contributed by atoms with van der Waals surface area (Å²) in [5, 5.41) is 2.87. The van der Waals surface area contributed by atoms with E-state index in [1.807, 2.05) is 27.7 Å². The number of carbonyl (C=O) groups excluding carboxylic acids is 2. The standard InChI is InChI=1S/C18H26N2O4S/c1-5-20(15-10-11-25(23,24)12-15)17(22)14-8-6-13(7-9-14)16(21)19-18(2,3)4/h6-9,15H,5,10-12H2,1-4H3,(H,19,21). The second-order valence-electron chi connectivity index (χ2n) is 7.43. The Labute approximate surface area is 149 Å². The zero-order valence-electron chi connectivity index (χ0n) is 15.2. The molecule has 138 valence electrons. The van der Waals surface area contributed by atoms with E-state index in [1.54, 1.807) is 29.2 Å². The molecule has 0 radical (unpaired) electrons. The summed E-state index contributed by atoms with van der Waals surface area (Å²) in [4.78, 5) is 26.5. The molecule has 2 rings (SSSR count). The lowest BCUT2D eigenvalue weighted by molar-refractivity contribution is 0.0707. The number of nitrogens with zero attached hydrogens (tertiary/aromatic N) is 1. The lowest BCUT2D eigenvalue weighted by atomic mass is 10.1. The van der Waals surface area contributed by atoms with Gasteiger partial charge in [-0.2, -0.15) is 0 Å². The van der Waals surface area contributed by atoms with Crippen molar-refractivity contribution in [3.05, 3.63) is 35.4 Å². The number of rotatable bonds is 4. The van der Waals surface area contributed by atoms with E-state index in [9.17, 15) is 18.0 Å². The van der Waals surface area contributed by atoms with Crippen LogP contribution in [0.2, 0.25) is 0 Å². The molecule has 0 spiro atoms. The van der Waals surface area contributed by atoms with Gasteiger partial charge in [-0.15, -0.1) is 0 Å². The van der Waals surface area contributed by atoms with Crippen LogP contribution >= 0.6 is 0 Å². The fourth-order valence-corrected chi connectivity index (χ4v) is 4.66. The maximum absolute atomic E-state index is 12.7. The highest BCUT2D eigenvalue weighted by Gasteiger charge is 2.34. The number of benzene rings is 1. The van der Waals surface area contributed by atoms with E-state index in [-0.39, 0.29) is 34.9 Å². The average Bonchev–Trinajstić information content (AvgIpc) is 2.86. The Balaban J connectivity index is 2.12. The van der Waals surface area contributed by atoms with Crippen LogP contribution in [0, 0.1) is 0 Å². The molecule has 25 heavy (non-hydrogen) atoms. The van der Waals surface area contributed by atoms with E-state index < -0.39 is 9.84 Å². The lowest BCUT2D eigenvalue weighted by Gasteiger charge is -2.27. The third-order valence-electron chi connectivity index (χ3n) is 4.13. The van der Waals surface area contributed by atoms with Gasteiger partial charge in [0.25, 0.3) is 11.8 Å². The van der Waals surface area contributed by atoms with Gasteiger partial charge in [-0.25, -0.2) is 8.42 Å². The Bertz CT molecular complexity index is 748. The molecule has 0 saturated carbocycles. The lowest BCUT2D eigenvalue weighted by Crippen LogP contribution is -2.41. The molecule has 1 aliphatic heterocycles. The summed E-state index contributed by atoms with van der Waals surface area (Å²) in [6, 6.07) is 6.20. The van der Waals surface area contributed by atoms with Gasteiger partial charge in [0.15, 0.2) is 9.84 Å². The highest BCUT2D eigenvalue weighted by molar-refractivity contribution is 7.91. The van der Waals surface area contributed by atoms with Gasteiger partial charge in [0.05, 0.1) is 11.5 Å². The fourth-order valence-electron chi connectivity index (χ4n) is 2.93. The van der Waals surface area contributed by atoms with Crippen molar-refractivity contribution >= 4 is 21.7 Å². The molecule has 1 saturated heterocycles. The maximum atomic E-state index is 12.7. The molecule has 1 N–H and O–H groups in total. The Kier molecular flexibility index (Phi) is 5.56. The average molecular weight is 366 g/mol. The van der Waals surface area contributed by atoms with Crippen molar-refractivity contribution in [2.75, 3.05) is 18.1 Å². The van der Waals surface area contributed by atoms with Gasteiger partial charge >= 0.3 is 0 Å². The summed E-state index contributed by atoms with van der Waals surface area (Å²) < 4.78 is 23.3. The van der Waals surface area contributed by atoms with Crippen LogP contribution in [0.5, 0.6) is 0 Å². The Morgan fingerprint density at radius 3 is 2.16 bits per heavy atom. The molecule has 7 heteroatoms. The number of hydrogen-bond donors (Lipinski definition) is 1. The molecule has 1 aromatic carbocycles. The largest absolute Gasteiger partial charge is 0.347 e. The Morgan fingerprint density at radius 1 is 1.16 bits per heavy atom. The molecule has 1 aliphatic rings. The number of hydrogen-bond acceptors (Lipinski definition) is 4. The summed E-state index contributed by atoms with van der Waals surface area (Å²) in [7, 11) is -3.05. The zero-order chi connectivity index (χ0) is 18.8. The van der Waals surface area contributed by atoms with Crippen LogP contribution in [0.4, 0.5) is 0 Å². The first-order valence-electron chi connectivity index (χ1n) is 8.46. The third-order valence-corrected chi connectivity index (χ3v) is 5.88. The predicted octanol–water partition coefficient (Wildman–Crippen LogP) is 1.86. The monoisotopic (exact) mass is 366 g/mol. The summed E-state index contributed by atoms with van der Waals surface area (Å²) in [5.74, 6) is -0.237. The summed E-state index contributed by atoms with van der Waals surface area (Å²) in [6.07, 6.45) is 0.480. The van der Waals surface area contributed by atoms with Gasteiger partial charge in [0.2, 0.25) is 0 Å². The second kappa shape index (κ2) is 7.15. The van der Waals surface area contributed by atoms with Crippen LogP contribution in [-0.2, 0) is 9.84 Å². The predicted molar refractivity (Wildman–Crippen MR) is 97.4 cm³/mol. The molecule has 2 amide bonds. The van der Waals surface area contributed by atoms with Crippen molar-refractivity contribution in [2.45, 2.75) is 45.7 Å². The van der Waals surface area contributed by atoms with Crippen molar-refractivity contribution in [3.63, 3.8) is 0 Å². The molecular formula is C18H26N2O4S. The molecule has 1 unspecified atom stereocenters. The minimum atomic E-state index is -3.05. The normalized spacial score (nSPS) is 19.4. The molecule has 1 heterocycles. The van der Waals surface area contributed by atoms with Crippen LogP contribution in [0.25, 0.3) is 0 Å². The second-order valence-corrected chi connectivity index (χ2v) is 9.66. The van der Waals surface area contributed by atoms with Crippen molar-refractivity contribution in [1.29, 1.82) is 0 Å². The smallest absolute Gasteiger partial charge is 0.254 e. The highest BCUT2D eigenvalue weighted by Crippen LogP contribution is 2.20. The molecular weight excluding hydrogens is 340 g/mol. The molecule has 6 nitrogen and oxygen atoms in total. The minimum Gasteiger partial charge on any atom is -0.347 e. The zero-order valence-corrected chi connectivity index (χ0v) is 16.0. The maximum Gasteiger partial charge on any atom is 0.254 e. The number of amides is 2. The van der Waals surface area contributed by atoms with Gasteiger partial charge in [-0.3, -0.25) is 9.59 Å². The minimum absolute atomic E-state index is 0.0264. The Morgan fingerprint density at radius 2 is 1.72 bits per heavy atom. The van der Waals surface area contributed by atoms with Crippen LogP contribution in [0.15, 0.2) is 24.3 Å². The number of nitrogens with one attached hydrogen (secondary N) is 1. The van der Waals surface area contributed by atoms with Crippen LogP contribution in [0.1, 0.15) is 54.8 Å². The van der Waals surface area contributed by atoms with Crippen molar-refractivity contribution < 1.29 is 18.0 Å². The van der Waals surface area contributed by atoms with Gasteiger partial charge in [0.1, 0.15) is 0 Å². The van der Waals surface area contributed by atoms with E-state index in [0.29, 0.717) is 24.1 Å². The van der Waals surface area contributed by atoms with E-state index in [1.165, 1.54) is 0 Å². The first kappa shape index (κ1) is 19.4. The Hall–Kier alpha value is -1.89. The number of sulfone groups is 1. The topological polar surface area (TPSA) is 83.6 Å². The summed E-state index contributed by atoms with van der Waals surface area (Å²) in [6.45, 7) is 7.99. The van der Waals surface area contributed by atoms with Crippen LogP contribution in [-0.4, -0.2) is 54.8 Å². The molecule has 1 aromatic rings. The van der Waals surface area contributed by atoms with E-state index in [4.69, 9.17) is 0 Å². The number of carbonyl (C=O) groups is 2. The molecule has 1 atom stereocenters. The van der Waals surface area contributed by atoms with E-state index >= 15 is 0 Å². The first-order chi connectivity index (χ1) is 11.5. The van der Waals surface area contributed by atoms with Crippen LogP contribution < -0.4 is 5.32 Å². The fraction of sp³-hybridized carbons (Fsp3) is 0.556. The van der Waals surface area contributed by atoms with Gasteiger partial charge in [-0.05, 0) is 58.4 Å². The highest BCUT2D eigenvalue weighted by atomic mass is 32.2. The molecule has 0 bridgehead atoms. The summed E-state index contributed by atoms with van der Waals surface area (Å²) in [5.41, 5.74) is 0.606. The van der Waals surface area contributed by atoms with Gasteiger partial charge in [0, 0.05) is 29.3 Å². The van der Waals surface area contributed by atoms with Crippen molar-refractivity contribution in [1.82, 2.24) is 10.2 Å². The first-order valence-corrected chi connectivity index (χ1v) is 10.3. The molecule has 0 aliphatic carbocycles. The SMILES string of the molecule is CCN(C(=O)c1ccc(C(=O)NC(C)(C)C)cc1)C1CCS(=O)(=O)C1. The van der Waals surface area contributed by atoms with Crippen LogP contribution in [0.3, 0.4) is 0 Å².